The van der Waals surface area contributed by atoms with Crippen molar-refractivity contribution in [1.82, 2.24) is 9.97 Å². The summed E-state index contributed by atoms with van der Waals surface area (Å²) in [5.41, 5.74) is 8.78. The molecule has 0 aliphatic heterocycles. The quantitative estimate of drug-likeness (QED) is 0.267. The van der Waals surface area contributed by atoms with Crippen molar-refractivity contribution in [3.8, 4) is 11.5 Å². The molecule has 2 heterocycles. The number of benzene rings is 1. The third kappa shape index (κ3) is 4.31. The van der Waals surface area contributed by atoms with Gasteiger partial charge in [0.2, 0.25) is 5.82 Å². The second-order valence-corrected chi connectivity index (χ2v) is 8.61. The lowest BCUT2D eigenvalue weighted by molar-refractivity contribution is -0.748. The van der Waals surface area contributed by atoms with Gasteiger partial charge in [0.15, 0.2) is 17.0 Å². The molecule has 30 heavy (non-hydrogen) atoms. The zero-order chi connectivity index (χ0) is 20.9. The van der Waals surface area contributed by atoms with Gasteiger partial charge in [-0.3, -0.25) is 4.98 Å². The lowest BCUT2D eigenvalue weighted by Crippen LogP contribution is -2.45. The molecule has 7 heteroatoms. The highest BCUT2D eigenvalue weighted by atomic mass is 32.2. The Labute approximate surface area is 181 Å². The molecule has 2 aromatic heterocycles. The number of thioether (sulfide) groups is 1. The maximum atomic E-state index is 6.79. The predicted molar refractivity (Wildman–Crippen MR) is 120 cm³/mol. The second kappa shape index (κ2) is 9.51. The maximum absolute atomic E-state index is 6.79. The lowest BCUT2D eigenvalue weighted by atomic mass is 10.1. The predicted octanol–water partition coefficient (Wildman–Crippen LogP) is 4.70. The Bertz CT molecular complexity index is 1010. The van der Waals surface area contributed by atoms with Crippen LogP contribution in [0.15, 0.2) is 41.8 Å². The van der Waals surface area contributed by atoms with Gasteiger partial charge in [0.25, 0.3) is 5.16 Å². The van der Waals surface area contributed by atoms with Crippen molar-refractivity contribution < 1.29 is 14.0 Å². The highest BCUT2D eigenvalue weighted by Crippen LogP contribution is 2.35. The second-order valence-electron chi connectivity index (χ2n) is 7.67. The van der Waals surface area contributed by atoms with Gasteiger partial charge in [-0.2, -0.15) is 0 Å². The molecule has 0 amide bonds. The molecule has 0 bridgehead atoms. The largest absolute Gasteiger partial charge is 0.493 e. The van der Waals surface area contributed by atoms with Crippen LogP contribution in [0, 0.1) is 0 Å². The van der Waals surface area contributed by atoms with Crippen LogP contribution in [-0.4, -0.2) is 24.2 Å². The molecular formula is C23H29N4O2S+. The van der Waals surface area contributed by atoms with E-state index in [1.807, 2.05) is 24.4 Å². The smallest absolute Gasteiger partial charge is 0.299 e. The van der Waals surface area contributed by atoms with Crippen molar-refractivity contribution >= 4 is 28.5 Å². The number of aromatic nitrogens is 3. The fraction of sp³-hybridized carbons (Fsp3) is 0.435. The summed E-state index contributed by atoms with van der Waals surface area (Å²) in [5, 5.41) is 1.85. The number of ether oxygens (including phenoxy) is 2. The van der Waals surface area contributed by atoms with E-state index in [1.165, 1.54) is 31.2 Å². The first-order chi connectivity index (χ1) is 14.7. The van der Waals surface area contributed by atoms with Gasteiger partial charge in [-0.25, -0.2) is 4.57 Å². The van der Waals surface area contributed by atoms with Gasteiger partial charge >= 0.3 is 0 Å². The summed E-state index contributed by atoms with van der Waals surface area (Å²) in [5.74, 6) is 2.88. The molecule has 1 aromatic carbocycles. The van der Waals surface area contributed by atoms with Crippen molar-refractivity contribution in [2.45, 2.75) is 55.5 Å². The molecule has 2 N–H and O–H groups in total. The minimum absolute atomic E-state index is 0.369. The van der Waals surface area contributed by atoms with Crippen molar-refractivity contribution in [3.63, 3.8) is 0 Å². The number of nitrogens with two attached hydrogens (primary N) is 1. The molecular weight excluding hydrogens is 396 g/mol. The van der Waals surface area contributed by atoms with Gasteiger partial charge in [-0.05, 0) is 49.1 Å². The molecule has 1 aliphatic carbocycles. The van der Waals surface area contributed by atoms with E-state index in [-0.39, 0.29) is 0 Å². The highest BCUT2D eigenvalue weighted by Gasteiger charge is 2.28. The highest BCUT2D eigenvalue weighted by molar-refractivity contribution is 7.98. The number of nitrogens with zero attached hydrogens (tertiary/aromatic N) is 3. The average Bonchev–Trinajstić information content (AvgIpc) is 3.07. The molecule has 158 valence electrons. The molecule has 0 unspecified atom stereocenters. The number of hydrogen-bond acceptors (Lipinski definition) is 6. The number of nitrogen functional groups attached to an aromatic ring is 1. The van der Waals surface area contributed by atoms with Gasteiger partial charge in [0.1, 0.15) is 0 Å². The van der Waals surface area contributed by atoms with Gasteiger partial charge in [0, 0.05) is 30.3 Å². The SMILES string of the molecule is COc1cc2nc(SCc3cccnc3)[n+](C3CCCCCC3)c(N)c2cc1OC. The van der Waals surface area contributed by atoms with Gasteiger partial charge in [-0.15, -0.1) is 0 Å². The standard InChI is InChI=1S/C23H28N4O2S/c1-28-20-12-18-19(13-21(20)29-2)26-23(30-15-16-8-7-11-25-14-16)27(22(18)24)17-9-5-3-4-6-10-17/h7-8,11-14,17,24H,3-6,9-10,15H2,1-2H3/p+1. The Hall–Kier alpha value is -2.54. The van der Waals surface area contributed by atoms with Crippen LogP contribution in [0.2, 0.25) is 0 Å². The Kier molecular flexibility index (Phi) is 6.57. The van der Waals surface area contributed by atoms with Crippen LogP contribution < -0.4 is 19.8 Å². The van der Waals surface area contributed by atoms with Crippen molar-refractivity contribution in [3.05, 3.63) is 42.2 Å². The summed E-state index contributed by atoms with van der Waals surface area (Å²) in [4.78, 5) is 9.27. The van der Waals surface area contributed by atoms with E-state index >= 15 is 0 Å². The van der Waals surface area contributed by atoms with E-state index in [9.17, 15) is 0 Å². The van der Waals surface area contributed by atoms with E-state index in [4.69, 9.17) is 20.2 Å². The topological polar surface area (TPSA) is 74.1 Å². The Morgan fingerprint density at radius 3 is 2.50 bits per heavy atom. The first-order valence-electron chi connectivity index (χ1n) is 10.5. The summed E-state index contributed by atoms with van der Waals surface area (Å²) < 4.78 is 13.3. The van der Waals surface area contributed by atoms with E-state index in [1.54, 1.807) is 32.2 Å². The summed E-state index contributed by atoms with van der Waals surface area (Å²) in [6, 6.07) is 8.28. The molecule has 0 radical (unpaired) electrons. The van der Waals surface area contributed by atoms with Gasteiger partial charge in [0.05, 0.1) is 25.6 Å². The van der Waals surface area contributed by atoms with E-state index in [0.29, 0.717) is 17.5 Å². The molecule has 4 rings (SSSR count). The zero-order valence-corrected chi connectivity index (χ0v) is 18.5. The zero-order valence-electron chi connectivity index (χ0n) is 17.6. The number of methoxy groups -OCH3 is 2. The molecule has 0 atom stereocenters. The average molecular weight is 426 g/mol. The molecule has 1 saturated carbocycles. The van der Waals surface area contributed by atoms with Crippen LogP contribution in [-0.2, 0) is 5.75 Å². The number of pyridine rings is 1. The van der Waals surface area contributed by atoms with Gasteiger partial charge in [-0.1, -0.05) is 23.9 Å². The molecule has 0 saturated heterocycles. The lowest BCUT2D eigenvalue weighted by Gasteiger charge is -2.19. The summed E-state index contributed by atoms with van der Waals surface area (Å²) in [6.07, 6.45) is 11.0. The normalized spacial score (nSPS) is 15.1. The van der Waals surface area contributed by atoms with Crippen molar-refractivity contribution in [2.24, 2.45) is 0 Å². The van der Waals surface area contributed by atoms with E-state index < -0.39 is 0 Å². The van der Waals surface area contributed by atoms with Crippen LogP contribution in [0.5, 0.6) is 11.5 Å². The summed E-state index contributed by atoms with van der Waals surface area (Å²) in [6.45, 7) is 0. The van der Waals surface area contributed by atoms with E-state index in [2.05, 4.69) is 15.6 Å². The molecule has 0 spiro atoms. The fourth-order valence-corrected chi connectivity index (χ4v) is 5.17. The Morgan fingerprint density at radius 2 is 1.83 bits per heavy atom. The Morgan fingerprint density at radius 1 is 1.10 bits per heavy atom. The minimum Gasteiger partial charge on any atom is -0.493 e. The number of hydrogen-bond donors (Lipinski definition) is 1. The monoisotopic (exact) mass is 425 g/mol. The number of rotatable bonds is 6. The van der Waals surface area contributed by atoms with Crippen LogP contribution in [0.3, 0.4) is 0 Å². The van der Waals surface area contributed by atoms with Crippen LogP contribution in [0.1, 0.15) is 50.1 Å². The van der Waals surface area contributed by atoms with Crippen LogP contribution in [0.25, 0.3) is 10.9 Å². The van der Waals surface area contributed by atoms with Gasteiger partial charge < -0.3 is 15.2 Å². The van der Waals surface area contributed by atoms with Crippen molar-refractivity contribution in [2.75, 3.05) is 20.0 Å². The fourth-order valence-electron chi connectivity index (χ4n) is 4.16. The summed E-state index contributed by atoms with van der Waals surface area (Å²) >= 11 is 1.71. The number of fused-ring (bicyclic) bond motifs is 1. The first kappa shape index (κ1) is 20.7. The Balaban J connectivity index is 1.81. The maximum Gasteiger partial charge on any atom is 0.299 e. The van der Waals surface area contributed by atoms with Crippen molar-refractivity contribution in [1.29, 1.82) is 0 Å². The molecule has 3 aromatic rings. The number of anilines is 1. The molecule has 6 nitrogen and oxygen atoms in total. The molecule has 1 fully saturated rings. The first-order valence-corrected chi connectivity index (χ1v) is 11.5. The molecule has 1 aliphatic rings. The third-order valence-electron chi connectivity index (χ3n) is 5.74. The van der Waals surface area contributed by atoms with Crippen LogP contribution >= 0.6 is 11.8 Å². The summed E-state index contributed by atoms with van der Waals surface area (Å²) in [7, 11) is 3.28. The van der Waals surface area contributed by atoms with E-state index in [0.717, 1.165) is 40.5 Å². The minimum atomic E-state index is 0.369. The van der Waals surface area contributed by atoms with Crippen LogP contribution in [0.4, 0.5) is 5.82 Å². The third-order valence-corrected chi connectivity index (χ3v) is 6.76.